The van der Waals surface area contributed by atoms with Crippen LogP contribution in [0.3, 0.4) is 0 Å². The summed E-state index contributed by atoms with van der Waals surface area (Å²) in [7, 11) is 0. The van der Waals surface area contributed by atoms with Crippen molar-refractivity contribution in [3.63, 3.8) is 0 Å². The van der Waals surface area contributed by atoms with E-state index in [0.717, 1.165) is 6.07 Å². The van der Waals surface area contributed by atoms with Crippen molar-refractivity contribution in [2.75, 3.05) is 0 Å². The lowest BCUT2D eigenvalue weighted by Gasteiger charge is -2.33. The molecule has 1 fully saturated rings. The Kier molecular flexibility index (Phi) is 4.86. The maximum atomic E-state index is 13.5. The summed E-state index contributed by atoms with van der Waals surface area (Å²) in [5.41, 5.74) is -0.00312. The third-order valence-electron chi connectivity index (χ3n) is 4.18. The first-order chi connectivity index (χ1) is 9.79. The minimum atomic E-state index is -4.26. The smallest absolute Gasteiger partial charge is 0.391 e. The average Bonchev–Trinajstić information content (AvgIpc) is 2.43. The van der Waals surface area contributed by atoms with E-state index in [1.54, 1.807) is 0 Å². The molecule has 1 aromatic rings. The van der Waals surface area contributed by atoms with Gasteiger partial charge in [0.05, 0.1) is 12.0 Å². The van der Waals surface area contributed by atoms with Gasteiger partial charge < -0.3 is 5.11 Å². The predicted molar refractivity (Wildman–Crippen MR) is 67.6 cm³/mol. The number of hydrogen-bond acceptors (Lipinski definition) is 1. The zero-order valence-corrected chi connectivity index (χ0v) is 11.3. The monoisotopic (exact) mass is 308 g/mol. The molecule has 0 radical (unpaired) electrons. The zero-order chi connectivity index (χ0) is 15.6. The Morgan fingerprint density at radius 3 is 2.57 bits per heavy atom. The number of alkyl halides is 3. The second kappa shape index (κ2) is 6.30. The van der Waals surface area contributed by atoms with Gasteiger partial charge in [0, 0.05) is 6.42 Å². The third-order valence-corrected chi connectivity index (χ3v) is 4.18. The van der Waals surface area contributed by atoms with Gasteiger partial charge in [0.2, 0.25) is 0 Å². The van der Waals surface area contributed by atoms with Crippen LogP contribution in [0.4, 0.5) is 22.0 Å². The molecule has 1 aliphatic carbocycles. The highest BCUT2D eigenvalue weighted by atomic mass is 19.4. The predicted octanol–water partition coefficient (Wildman–Crippen LogP) is 4.24. The normalized spacial score (nSPS) is 24.9. The highest BCUT2D eigenvalue weighted by molar-refractivity contribution is 5.19. The van der Waals surface area contributed by atoms with Gasteiger partial charge in [0.25, 0.3) is 0 Å². The van der Waals surface area contributed by atoms with Crippen molar-refractivity contribution < 1.29 is 27.1 Å². The summed E-state index contributed by atoms with van der Waals surface area (Å²) in [4.78, 5) is 0. The Morgan fingerprint density at radius 1 is 1.19 bits per heavy atom. The van der Waals surface area contributed by atoms with Crippen molar-refractivity contribution in [1.82, 2.24) is 0 Å². The van der Waals surface area contributed by atoms with Gasteiger partial charge in [-0.3, -0.25) is 0 Å². The topological polar surface area (TPSA) is 20.2 Å². The van der Waals surface area contributed by atoms with Crippen LogP contribution < -0.4 is 0 Å². The lowest BCUT2D eigenvalue weighted by molar-refractivity contribution is -0.188. The molecule has 0 amide bonds. The highest BCUT2D eigenvalue weighted by Gasteiger charge is 2.43. The number of hydrogen-bond donors (Lipinski definition) is 1. The van der Waals surface area contributed by atoms with Gasteiger partial charge in [-0.25, -0.2) is 8.78 Å². The fraction of sp³-hybridized carbons (Fsp3) is 0.600. The summed E-state index contributed by atoms with van der Waals surface area (Å²) >= 11 is 0. The number of benzene rings is 1. The fourth-order valence-corrected chi connectivity index (χ4v) is 2.97. The van der Waals surface area contributed by atoms with Crippen molar-refractivity contribution in [2.45, 2.75) is 44.4 Å². The molecule has 1 aliphatic rings. The van der Waals surface area contributed by atoms with E-state index in [9.17, 15) is 27.1 Å². The summed E-state index contributed by atoms with van der Waals surface area (Å²) in [6, 6.07) is 3.62. The van der Waals surface area contributed by atoms with Crippen LogP contribution in [0.1, 0.15) is 31.2 Å². The zero-order valence-electron chi connectivity index (χ0n) is 11.3. The van der Waals surface area contributed by atoms with Crippen LogP contribution in [0.2, 0.25) is 0 Å². The molecule has 2 rings (SSSR count). The first kappa shape index (κ1) is 16.2. The van der Waals surface area contributed by atoms with Crippen LogP contribution in [0.25, 0.3) is 0 Å². The summed E-state index contributed by atoms with van der Waals surface area (Å²) in [6.07, 6.45) is -4.74. The van der Waals surface area contributed by atoms with Crippen LogP contribution in [0.15, 0.2) is 18.2 Å². The van der Waals surface area contributed by atoms with Gasteiger partial charge in [0.15, 0.2) is 11.6 Å². The molecular weight excluding hydrogens is 291 g/mol. The molecule has 6 heteroatoms. The Bertz CT molecular complexity index is 485. The lowest BCUT2D eigenvalue weighted by atomic mass is 9.77. The average molecular weight is 308 g/mol. The summed E-state index contributed by atoms with van der Waals surface area (Å²) in [5, 5.41) is 10.1. The highest BCUT2D eigenvalue weighted by Crippen LogP contribution is 2.41. The first-order valence-corrected chi connectivity index (χ1v) is 6.96. The van der Waals surface area contributed by atoms with Gasteiger partial charge in [-0.05, 0) is 36.8 Å². The van der Waals surface area contributed by atoms with Crippen LogP contribution >= 0.6 is 0 Å². The maximum absolute atomic E-state index is 13.5. The van der Waals surface area contributed by atoms with Crippen LogP contribution in [-0.4, -0.2) is 17.4 Å². The van der Waals surface area contributed by atoms with E-state index in [1.165, 1.54) is 12.1 Å². The molecule has 118 valence electrons. The van der Waals surface area contributed by atoms with Gasteiger partial charge in [0.1, 0.15) is 0 Å². The number of aliphatic hydroxyl groups is 1. The van der Waals surface area contributed by atoms with E-state index < -0.39 is 35.8 Å². The Hall–Kier alpha value is -1.17. The SMILES string of the molecule is OC(Cc1cccc(F)c1F)C1CCCC(C(F)(F)F)C1. The molecular formula is C15H17F5O. The first-order valence-electron chi connectivity index (χ1n) is 6.96. The third kappa shape index (κ3) is 3.93. The molecule has 1 nitrogen and oxygen atoms in total. The molecule has 0 aliphatic heterocycles. The number of rotatable bonds is 3. The lowest BCUT2D eigenvalue weighted by Crippen LogP contribution is -2.34. The molecule has 1 N–H and O–H groups in total. The van der Waals surface area contributed by atoms with Gasteiger partial charge in [-0.15, -0.1) is 0 Å². The Labute approximate surface area is 119 Å². The second-order valence-electron chi connectivity index (χ2n) is 5.65. The van der Waals surface area contributed by atoms with E-state index in [4.69, 9.17) is 0 Å². The largest absolute Gasteiger partial charge is 0.392 e. The molecule has 0 spiro atoms. The van der Waals surface area contributed by atoms with E-state index in [-0.39, 0.29) is 24.8 Å². The van der Waals surface area contributed by atoms with Crippen LogP contribution in [0, 0.1) is 23.5 Å². The van der Waals surface area contributed by atoms with Crippen molar-refractivity contribution in [2.24, 2.45) is 11.8 Å². The molecule has 21 heavy (non-hydrogen) atoms. The van der Waals surface area contributed by atoms with E-state index >= 15 is 0 Å². The molecule has 0 bridgehead atoms. The summed E-state index contributed by atoms with van der Waals surface area (Å²) in [5.74, 6) is -4.01. The number of halogens is 5. The Morgan fingerprint density at radius 2 is 1.90 bits per heavy atom. The van der Waals surface area contributed by atoms with Crippen molar-refractivity contribution in [3.05, 3.63) is 35.4 Å². The molecule has 3 atom stereocenters. The molecule has 0 heterocycles. The van der Waals surface area contributed by atoms with E-state index in [2.05, 4.69) is 0 Å². The van der Waals surface area contributed by atoms with Gasteiger partial charge in [-0.2, -0.15) is 13.2 Å². The van der Waals surface area contributed by atoms with Crippen molar-refractivity contribution >= 4 is 0 Å². The van der Waals surface area contributed by atoms with Gasteiger partial charge in [-0.1, -0.05) is 18.6 Å². The van der Waals surface area contributed by atoms with Crippen LogP contribution in [0.5, 0.6) is 0 Å². The van der Waals surface area contributed by atoms with Gasteiger partial charge >= 0.3 is 6.18 Å². The Balaban J connectivity index is 2.03. The number of aliphatic hydroxyl groups excluding tert-OH is 1. The molecule has 0 saturated heterocycles. The van der Waals surface area contributed by atoms with Crippen LogP contribution in [-0.2, 0) is 6.42 Å². The molecule has 1 aromatic carbocycles. The molecule has 0 aromatic heterocycles. The van der Waals surface area contributed by atoms with E-state index in [1.807, 2.05) is 0 Å². The summed E-state index contributed by atoms with van der Waals surface area (Å²) < 4.78 is 64.8. The standard InChI is InChI=1S/C15H17F5O/c16-12-6-2-4-10(14(12)17)8-13(21)9-3-1-5-11(7-9)15(18,19)20/h2,4,6,9,11,13,21H,1,3,5,7-8H2. The molecule has 3 unspecified atom stereocenters. The minimum Gasteiger partial charge on any atom is -0.392 e. The maximum Gasteiger partial charge on any atom is 0.391 e. The fourth-order valence-electron chi connectivity index (χ4n) is 2.97. The van der Waals surface area contributed by atoms with E-state index in [0.29, 0.717) is 12.8 Å². The van der Waals surface area contributed by atoms with Crippen molar-refractivity contribution in [1.29, 1.82) is 0 Å². The quantitative estimate of drug-likeness (QED) is 0.828. The summed E-state index contributed by atoms with van der Waals surface area (Å²) in [6.45, 7) is 0. The van der Waals surface area contributed by atoms with Crippen molar-refractivity contribution in [3.8, 4) is 0 Å². The molecule has 1 saturated carbocycles. The second-order valence-corrected chi connectivity index (χ2v) is 5.65. The minimum absolute atomic E-state index is 0.00312.